The van der Waals surface area contributed by atoms with Crippen molar-refractivity contribution in [3.63, 3.8) is 0 Å². The number of furan rings is 1. The van der Waals surface area contributed by atoms with Crippen molar-refractivity contribution in [3.8, 4) is 0 Å². The first-order chi connectivity index (χ1) is 16.6. The summed E-state index contributed by atoms with van der Waals surface area (Å²) in [6.07, 6.45) is 7.98. The number of carbonyl (C=O) groups excluding carboxylic acids is 2. The van der Waals surface area contributed by atoms with Gasteiger partial charge in [-0.3, -0.25) is 4.79 Å². The van der Waals surface area contributed by atoms with E-state index in [9.17, 15) is 9.59 Å². The maximum atomic E-state index is 13.1. The molecule has 0 radical (unpaired) electrons. The van der Waals surface area contributed by atoms with Crippen LogP contribution in [-0.2, 0) is 11.3 Å². The number of hydrogen-bond acceptors (Lipinski definition) is 6. The van der Waals surface area contributed by atoms with Crippen molar-refractivity contribution in [3.05, 3.63) is 78.0 Å². The van der Waals surface area contributed by atoms with Crippen molar-refractivity contribution >= 4 is 34.3 Å². The molecular formula is C26H26N4O4. The van der Waals surface area contributed by atoms with E-state index in [0.29, 0.717) is 34.1 Å². The van der Waals surface area contributed by atoms with Crippen LogP contribution < -0.4 is 10.6 Å². The van der Waals surface area contributed by atoms with Crippen LogP contribution in [0.5, 0.6) is 0 Å². The number of fused-ring (bicyclic) bond motifs is 1. The van der Waals surface area contributed by atoms with E-state index in [1.165, 1.54) is 20.0 Å². The zero-order valence-corrected chi connectivity index (χ0v) is 18.9. The number of rotatable bonds is 7. The Kier molecular flexibility index (Phi) is 6.03. The molecule has 1 fully saturated rings. The van der Waals surface area contributed by atoms with E-state index in [0.717, 1.165) is 18.5 Å². The molecule has 2 N–H and O–H groups in total. The SMILES string of the molecule is COC(=O)c1c(NC(=O)c2ccccc2)c2cc(NC3CCCC3)cnc2n1Cc1ccco1. The molecule has 1 aliphatic carbocycles. The van der Waals surface area contributed by atoms with Crippen LogP contribution in [0, 0.1) is 0 Å². The minimum atomic E-state index is -0.571. The van der Waals surface area contributed by atoms with E-state index in [2.05, 4.69) is 15.6 Å². The second kappa shape index (κ2) is 9.43. The van der Waals surface area contributed by atoms with Crippen molar-refractivity contribution in [1.29, 1.82) is 0 Å². The van der Waals surface area contributed by atoms with Gasteiger partial charge >= 0.3 is 5.97 Å². The Labute approximate surface area is 196 Å². The van der Waals surface area contributed by atoms with Gasteiger partial charge in [0.2, 0.25) is 0 Å². The quantitative estimate of drug-likeness (QED) is 0.375. The fraction of sp³-hybridized carbons (Fsp3) is 0.269. The summed E-state index contributed by atoms with van der Waals surface area (Å²) in [6, 6.07) is 14.8. The van der Waals surface area contributed by atoms with Gasteiger partial charge in [0, 0.05) is 17.0 Å². The van der Waals surface area contributed by atoms with Gasteiger partial charge in [-0.2, -0.15) is 0 Å². The average Bonchev–Trinajstić information content (AvgIpc) is 3.62. The minimum Gasteiger partial charge on any atom is -0.467 e. The lowest BCUT2D eigenvalue weighted by Crippen LogP contribution is -2.17. The van der Waals surface area contributed by atoms with Crippen molar-refractivity contribution in [2.24, 2.45) is 0 Å². The maximum absolute atomic E-state index is 13.1. The van der Waals surface area contributed by atoms with Crippen LogP contribution in [0.3, 0.4) is 0 Å². The third-order valence-corrected chi connectivity index (χ3v) is 6.17. The van der Waals surface area contributed by atoms with Crippen LogP contribution in [0.25, 0.3) is 11.0 Å². The summed E-state index contributed by atoms with van der Waals surface area (Å²) in [5.74, 6) is -0.242. The third-order valence-electron chi connectivity index (χ3n) is 6.17. The van der Waals surface area contributed by atoms with Crippen LogP contribution in [0.4, 0.5) is 11.4 Å². The van der Waals surface area contributed by atoms with Crippen molar-refractivity contribution in [2.75, 3.05) is 17.7 Å². The standard InChI is InChI=1S/C26H26N4O4/c1-33-26(32)23-22(29-25(31)17-8-3-2-4-9-17)21-14-19(28-18-10-5-6-11-18)15-27-24(21)30(23)16-20-12-7-13-34-20/h2-4,7-9,12-15,18,28H,5-6,10-11,16H2,1H3,(H,29,31). The minimum absolute atomic E-state index is 0.212. The Morgan fingerprint density at radius 1 is 1.15 bits per heavy atom. The van der Waals surface area contributed by atoms with Gasteiger partial charge in [-0.25, -0.2) is 9.78 Å². The first-order valence-electron chi connectivity index (χ1n) is 11.4. The highest BCUT2D eigenvalue weighted by Crippen LogP contribution is 2.34. The number of methoxy groups -OCH3 is 1. The van der Waals surface area contributed by atoms with E-state index < -0.39 is 5.97 Å². The van der Waals surface area contributed by atoms with Gasteiger partial charge < -0.3 is 24.4 Å². The zero-order valence-electron chi connectivity index (χ0n) is 18.9. The second-order valence-electron chi connectivity index (χ2n) is 8.42. The van der Waals surface area contributed by atoms with E-state index in [1.54, 1.807) is 47.4 Å². The molecule has 0 spiro atoms. The summed E-state index contributed by atoms with van der Waals surface area (Å²) in [6.45, 7) is 0.261. The highest BCUT2D eigenvalue weighted by Gasteiger charge is 2.27. The predicted molar refractivity (Wildman–Crippen MR) is 129 cm³/mol. The maximum Gasteiger partial charge on any atom is 0.356 e. The number of aromatic nitrogens is 2. The number of carbonyl (C=O) groups is 2. The fourth-order valence-corrected chi connectivity index (χ4v) is 4.53. The third kappa shape index (κ3) is 4.26. The number of benzene rings is 1. The molecule has 0 atom stereocenters. The summed E-state index contributed by atoms with van der Waals surface area (Å²) >= 11 is 0. The first-order valence-corrected chi connectivity index (χ1v) is 11.4. The number of nitrogens with one attached hydrogen (secondary N) is 2. The molecule has 3 aromatic heterocycles. The average molecular weight is 459 g/mol. The van der Waals surface area contributed by atoms with Gasteiger partial charge in [0.25, 0.3) is 5.91 Å². The topological polar surface area (TPSA) is 98.4 Å². The van der Waals surface area contributed by atoms with Crippen LogP contribution in [-0.4, -0.2) is 34.6 Å². The van der Waals surface area contributed by atoms with Gasteiger partial charge in [0.1, 0.15) is 11.4 Å². The molecule has 1 aliphatic rings. The lowest BCUT2D eigenvalue weighted by atomic mass is 10.2. The van der Waals surface area contributed by atoms with E-state index in [4.69, 9.17) is 9.15 Å². The molecule has 174 valence electrons. The molecule has 1 saturated carbocycles. The molecule has 34 heavy (non-hydrogen) atoms. The summed E-state index contributed by atoms with van der Waals surface area (Å²) < 4.78 is 12.4. The van der Waals surface area contributed by atoms with Crippen molar-refractivity contribution in [1.82, 2.24) is 9.55 Å². The zero-order chi connectivity index (χ0) is 23.5. The van der Waals surface area contributed by atoms with Crippen LogP contribution >= 0.6 is 0 Å². The molecular weight excluding hydrogens is 432 g/mol. The van der Waals surface area contributed by atoms with E-state index in [-0.39, 0.29) is 18.1 Å². The van der Waals surface area contributed by atoms with Crippen LogP contribution in [0.2, 0.25) is 0 Å². The summed E-state index contributed by atoms with van der Waals surface area (Å²) in [5.41, 5.74) is 2.46. The molecule has 5 rings (SSSR count). The largest absolute Gasteiger partial charge is 0.467 e. The number of esters is 1. The summed E-state index contributed by atoms with van der Waals surface area (Å²) in [4.78, 5) is 30.7. The van der Waals surface area contributed by atoms with E-state index in [1.807, 2.05) is 18.2 Å². The van der Waals surface area contributed by atoms with Crippen LogP contribution in [0.1, 0.15) is 52.3 Å². The Bertz CT molecular complexity index is 1310. The number of amides is 1. The Morgan fingerprint density at radius 2 is 1.94 bits per heavy atom. The smallest absolute Gasteiger partial charge is 0.356 e. The van der Waals surface area contributed by atoms with Gasteiger partial charge in [0.05, 0.1) is 37.5 Å². The Hall–Kier alpha value is -4.07. The number of pyridine rings is 1. The number of hydrogen-bond donors (Lipinski definition) is 2. The van der Waals surface area contributed by atoms with Gasteiger partial charge in [-0.05, 0) is 43.2 Å². The van der Waals surface area contributed by atoms with Gasteiger partial charge in [-0.1, -0.05) is 31.0 Å². The van der Waals surface area contributed by atoms with Gasteiger partial charge in [-0.15, -0.1) is 0 Å². The molecule has 3 heterocycles. The highest BCUT2D eigenvalue weighted by molar-refractivity contribution is 6.14. The van der Waals surface area contributed by atoms with Crippen molar-refractivity contribution < 1.29 is 18.7 Å². The Morgan fingerprint density at radius 3 is 2.65 bits per heavy atom. The Balaban J connectivity index is 1.64. The molecule has 0 unspecified atom stereocenters. The molecule has 1 aromatic carbocycles. The molecule has 4 aromatic rings. The van der Waals surface area contributed by atoms with E-state index >= 15 is 0 Å². The predicted octanol–water partition coefficient (Wildman–Crippen LogP) is 5.07. The number of ether oxygens (including phenoxy) is 1. The molecule has 8 heteroatoms. The van der Waals surface area contributed by atoms with Crippen molar-refractivity contribution in [2.45, 2.75) is 38.3 Å². The monoisotopic (exact) mass is 458 g/mol. The highest BCUT2D eigenvalue weighted by atomic mass is 16.5. The molecule has 8 nitrogen and oxygen atoms in total. The lowest BCUT2D eigenvalue weighted by molar-refractivity contribution is 0.0590. The normalized spacial score (nSPS) is 13.8. The lowest BCUT2D eigenvalue weighted by Gasteiger charge is -2.13. The molecule has 0 bridgehead atoms. The van der Waals surface area contributed by atoms with Gasteiger partial charge in [0.15, 0.2) is 5.69 Å². The number of nitrogens with zero attached hydrogens (tertiary/aromatic N) is 2. The summed E-state index contributed by atoms with van der Waals surface area (Å²) in [7, 11) is 1.32. The second-order valence-corrected chi connectivity index (χ2v) is 8.42. The molecule has 0 saturated heterocycles. The molecule has 1 amide bonds. The fourth-order valence-electron chi connectivity index (χ4n) is 4.53. The number of anilines is 2. The summed E-state index contributed by atoms with van der Waals surface area (Å²) in [5, 5.41) is 7.14. The van der Waals surface area contributed by atoms with Crippen LogP contribution in [0.15, 0.2) is 65.4 Å². The molecule has 0 aliphatic heterocycles. The first kappa shape index (κ1) is 21.8.